The Hall–Kier alpha value is -2.70. The number of hydrogen-bond acceptors (Lipinski definition) is 5. The molecule has 0 radical (unpaired) electrons. The Morgan fingerprint density at radius 1 is 1.10 bits per heavy atom. The molecule has 1 saturated carbocycles. The molecule has 2 aliphatic rings. The molecule has 0 saturated heterocycles. The van der Waals surface area contributed by atoms with E-state index in [4.69, 9.17) is 4.74 Å². The van der Waals surface area contributed by atoms with Crippen molar-refractivity contribution < 1.29 is 9.53 Å². The number of benzene rings is 2. The number of hydrogen-bond donors (Lipinski definition) is 1. The largest absolute Gasteiger partial charge is 0.489 e. The maximum Gasteiger partial charge on any atom is 0.229 e. The molecule has 6 heteroatoms. The van der Waals surface area contributed by atoms with Gasteiger partial charge in [-0.25, -0.2) is 4.98 Å². The quantitative estimate of drug-likeness (QED) is 0.607. The van der Waals surface area contributed by atoms with Crippen LogP contribution in [0.2, 0.25) is 0 Å². The highest BCUT2D eigenvalue weighted by Gasteiger charge is 2.30. The summed E-state index contributed by atoms with van der Waals surface area (Å²) in [6.07, 6.45) is 2.96. The summed E-state index contributed by atoms with van der Waals surface area (Å²) in [4.78, 5) is 20.3. The fourth-order valence-corrected chi connectivity index (χ4v) is 4.73. The Kier molecular flexibility index (Phi) is 5.51. The molecule has 2 aromatic carbocycles. The fraction of sp³-hybridized carbons (Fsp3) is 0.333. The van der Waals surface area contributed by atoms with E-state index in [-0.39, 0.29) is 11.8 Å². The van der Waals surface area contributed by atoms with Crippen LogP contribution in [0.3, 0.4) is 0 Å². The molecule has 0 bridgehead atoms. The van der Waals surface area contributed by atoms with Crippen molar-refractivity contribution >= 4 is 22.4 Å². The fourth-order valence-electron chi connectivity index (χ4n) is 3.68. The summed E-state index contributed by atoms with van der Waals surface area (Å²) in [7, 11) is 0. The molecule has 0 atom stereocenters. The molecule has 154 valence electrons. The second kappa shape index (κ2) is 8.58. The molecule has 1 N–H and O–H groups in total. The Morgan fingerprint density at radius 3 is 2.67 bits per heavy atom. The highest BCUT2D eigenvalue weighted by molar-refractivity contribution is 7.15. The molecular formula is C24H25N3O2S. The van der Waals surface area contributed by atoms with E-state index in [1.165, 1.54) is 16.0 Å². The molecular weight excluding hydrogens is 394 g/mol. The molecule has 1 amide bonds. The van der Waals surface area contributed by atoms with Crippen LogP contribution in [0.1, 0.15) is 34.5 Å². The van der Waals surface area contributed by atoms with Gasteiger partial charge in [0.2, 0.25) is 5.91 Å². The Labute approximate surface area is 180 Å². The molecule has 1 aliphatic carbocycles. The Morgan fingerprint density at radius 2 is 1.90 bits per heavy atom. The number of aromatic nitrogens is 1. The highest BCUT2D eigenvalue weighted by Crippen LogP contribution is 2.33. The smallest absolute Gasteiger partial charge is 0.229 e. The zero-order chi connectivity index (χ0) is 20.3. The van der Waals surface area contributed by atoms with Gasteiger partial charge in [-0.1, -0.05) is 42.5 Å². The number of carbonyl (C=O) groups excluding carboxylic acids is 1. The Bertz CT molecular complexity index is 1010. The van der Waals surface area contributed by atoms with Crippen LogP contribution in [0.5, 0.6) is 5.75 Å². The van der Waals surface area contributed by atoms with Gasteiger partial charge in [0.15, 0.2) is 5.13 Å². The first-order valence-electron chi connectivity index (χ1n) is 10.5. The predicted octanol–water partition coefficient (Wildman–Crippen LogP) is 4.63. The standard InChI is InChI=1S/C24H25N3O2S/c28-23(19-8-9-19)26-24-25-21-12-13-27(15-22(21)30-24)14-17-6-10-20(11-7-17)29-16-18-4-2-1-3-5-18/h1-7,10-11,19H,8-9,12-16H2,(H,25,26,28). The summed E-state index contributed by atoms with van der Waals surface area (Å²) < 4.78 is 5.88. The number of thiazole rings is 1. The number of rotatable bonds is 7. The van der Waals surface area contributed by atoms with E-state index >= 15 is 0 Å². The second-order valence-corrected chi connectivity index (χ2v) is 9.11. The van der Waals surface area contributed by atoms with Crippen molar-refractivity contribution in [2.75, 3.05) is 11.9 Å². The molecule has 1 fully saturated rings. The van der Waals surface area contributed by atoms with Gasteiger partial charge in [-0.05, 0) is 36.1 Å². The van der Waals surface area contributed by atoms with Gasteiger partial charge < -0.3 is 10.1 Å². The van der Waals surface area contributed by atoms with Gasteiger partial charge in [0.1, 0.15) is 12.4 Å². The molecule has 1 aliphatic heterocycles. The third-order valence-corrected chi connectivity index (χ3v) is 6.56. The zero-order valence-electron chi connectivity index (χ0n) is 16.8. The van der Waals surface area contributed by atoms with Crippen molar-refractivity contribution in [1.29, 1.82) is 0 Å². The lowest BCUT2D eigenvalue weighted by Gasteiger charge is -2.25. The van der Waals surface area contributed by atoms with Crippen LogP contribution in [-0.4, -0.2) is 22.3 Å². The first-order valence-corrected chi connectivity index (χ1v) is 11.3. The molecule has 3 aromatic rings. The topological polar surface area (TPSA) is 54.5 Å². The lowest BCUT2D eigenvalue weighted by Crippen LogP contribution is -2.29. The zero-order valence-corrected chi connectivity index (χ0v) is 17.7. The number of amides is 1. The molecule has 1 aromatic heterocycles. The lowest BCUT2D eigenvalue weighted by molar-refractivity contribution is -0.117. The molecule has 30 heavy (non-hydrogen) atoms. The van der Waals surface area contributed by atoms with Gasteiger partial charge >= 0.3 is 0 Å². The van der Waals surface area contributed by atoms with Gasteiger partial charge in [-0.3, -0.25) is 9.69 Å². The summed E-state index contributed by atoms with van der Waals surface area (Å²) >= 11 is 1.63. The van der Waals surface area contributed by atoms with E-state index in [0.717, 1.165) is 55.5 Å². The number of carbonyl (C=O) groups is 1. The van der Waals surface area contributed by atoms with Crippen LogP contribution >= 0.6 is 11.3 Å². The van der Waals surface area contributed by atoms with Crippen LogP contribution in [0.15, 0.2) is 54.6 Å². The summed E-state index contributed by atoms with van der Waals surface area (Å²) in [5.41, 5.74) is 3.59. The molecule has 5 rings (SSSR count). The average Bonchev–Trinajstić information content (AvgIpc) is 3.55. The van der Waals surface area contributed by atoms with Crippen LogP contribution in [0.25, 0.3) is 0 Å². The Balaban J connectivity index is 1.15. The summed E-state index contributed by atoms with van der Waals surface area (Å²) in [6, 6.07) is 18.6. The van der Waals surface area contributed by atoms with Crippen LogP contribution in [0, 0.1) is 5.92 Å². The number of anilines is 1. The predicted molar refractivity (Wildman–Crippen MR) is 119 cm³/mol. The summed E-state index contributed by atoms with van der Waals surface area (Å²) in [5, 5.41) is 3.75. The van der Waals surface area contributed by atoms with E-state index in [2.05, 4.69) is 39.5 Å². The van der Waals surface area contributed by atoms with Gasteiger partial charge in [-0.15, -0.1) is 11.3 Å². The maximum atomic E-state index is 12.0. The van der Waals surface area contributed by atoms with Crippen molar-refractivity contribution in [1.82, 2.24) is 9.88 Å². The number of nitrogens with one attached hydrogen (secondary N) is 1. The van der Waals surface area contributed by atoms with E-state index in [0.29, 0.717) is 6.61 Å². The van der Waals surface area contributed by atoms with Crippen molar-refractivity contribution in [3.8, 4) is 5.75 Å². The first kappa shape index (κ1) is 19.3. The van der Waals surface area contributed by atoms with Crippen molar-refractivity contribution in [3.63, 3.8) is 0 Å². The summed E-state index contributed by atoms with van der Waals surface area (Å²) in [5.74, 6) is 1.23. The van der Waals surface area contributed by atoms with Gasteiger partial charge in [-0.2, -0.15) is 0 Å². The van der Waals surface area contributed by atoms with Crippen LogP contribution in [-0.2, 0) is 30.9 Å². The monoisotopic (exact) mass is 419 g/mol. The number of ether oxygens (including phenoxy) is 1. The molecule has 0 unspecified atom stereocenters. The SMILES string of the molecule is O=C(Nc1nc2c(s1)CN(Cc1ccc(OCc3ccccc3)cc1)CC2)C1CC1. The third-order valence-electron chi connectivity index (χ3n) is 5.57. The van der Waals surface area contributed by atoms with Crippen molar-refractivity contribution in [2.45, 2.75) is 39.0 Å². The minimum Gasteiger partial charge on any atom is -0.489 e. The second-order valence-electron chi connectivity index (χ2n) is 8.03. The highest BCUT2D eigenvalue weighted by atomic mass is 32.1. The van der Waals surface area contributed by atoms with E-state index in [1.54, 1.807) is 11.3 Å². The third kappa shape index (κ3) is 4.71. The molecule has 2 heterocycles. The maximum absolute atomic E-state index is 12.0. The number of fused-ring (bicyclic) bond motifs is 1. The van der Waals surface area contributed by atoms with E-state index in [9.17, 15) is 4.79 Å². The molecule has 0 spiro atoms. The minimum atomic E-state index is 0.132. The number of nitrogens with zero attached hydrogens (tertiary/aromatic N) is 2. The molecule has 5 nitrogen and oxygen atoms in total. The van der Waals surface area contributed by atoms with Gasteiger partial charge in [0.05, 0.1) is 5.69 Å². The van der Waals surface area contributed by atoms with E-state index < -0.39 is 0 Å². The van der Waals surface area contributed by atoms with Crippen LogP contribution < -0.4 is 10.1 Å². The van der Waals surface area contributed by atoms with Crippen molar-refractivity contribution in [2.24, 2.45) is 5.92 Å². The van der Waals surface area contributed by atoms with Crippen molar-refractivity contribution in [3.05, 3.63) is 76.3 Å². The van der Waals surface area contributed by atoms with Crippen LogP contribution in [0.4, 0.5) is 5.13 Å². The first-order chi connectivity index (χ1) is 14.7. The normalized spacial score (nSPS) is 16.1. The minimum absolute atomic E-state index is 0.132. The van der Waals surface area contributed by atoms with E-state index in [1.807, 2.05) is 30.3 Å². The lowest BCUT2D eigenvalue weighted by atomic mass is 10.1. The van der Waals surface area contributed by atoms with Gasteiger partial charge in [0, 0.05) is 36.9 Å². The summed E-state index contributed by atoms with van der Waals surface area (Å²) in [6.45, 7) is 3.36. The van der Waals surface area contributed by atoms with Gasteiger partial charge in [0.25, 0.3) is 0 Å². The average molecular weight is 420 g/mol.